The molecule has 0 atom stereocenters. The van der Waals surface area contributed by atoms with Gasteiger partial charge in [-0.25, -0.2) is 0 Å². The van der Waals surface area contributed by atoms with Gasteiger partial charge >= 0.3 is 0 Å². The zero-order chi connectivity index (χ0) is 12.6. The van der Waals surface area contributed by atoms with E-state index in [0.29, 0.717) is 5.56 Å². The van der Waals surface area contributed by atoms with Crippen molar-refractivity contribution in [3.05, 3.63) is 47.0 Å². The second-order valence-electron chi connectivity index (χ2n) is 4.43. The van der Waals surface area contributed by atoms with Gasteiger partial charge in [-0.1, -0.05) is 29.8 Å². The Bertz CT molecular complexity index is 554. The molecule has 0 amide bonds. The summed E-state index contributed by atoms with van der Waals surface area (Å²) in [5.74, 6) is 0.294. The Morgan fingerprint density at radius 3 is 2.06 bits per heavy atom. The van der Waals surface area contributed by atoms with Crippen molar-refractivity contribution in [2.45, 2.75) is 20.8 Å². The maximum absolute atomic E-state index is 10.1. The van der Waals surface area contributed by atoms with Gasteiger partial charge in [0, 0.05) is 11.1 Å². The van der Waals surface area contributed by atoms with Crippen LogP contribution in [0.2, 0.25) is 0 Å². The van der Waals surface area contributed by atoms with E-state index in [2.05, 4.69) is 0 Å². The van der Waals surface area contributed by atoms with Crippen molar-refractivity contribution in [1.29, 1.82) is 0 Å². The van der Waals surface area contributed by atoms with E-state index < -0.39 is 0 Å². The molecule has 0 aliphatic carbocycles. The molecule has 88 valence electrons. The average molecular weight is 228 g/mol. The van der Waals surface area contributed by atoms with Crippen molar-refractivity contribution >= 4 is 0 Å². The van der Waals surface area contributed by atoms with Crippen LogP contribution in [-0.2, 0) is 0 Å². The van der Waals surface area contributed by atoms with Gasteiger partial charge in [-0.05, 0) is 38.0 Å². The summed E-state index contributed by atoms with van der Waals surface area (Å²) >= 11 is 0. The molecule has 0 aliphatic heterocycles. The van der Waals surface area contributed by atoms with Crippen LogP contribution in [0.3, 0.4) is 0 Å². The van der Waals surface area contributed by atoms with E-state index in [1.54, 1.807) is 13.0 Å². The van der Waals surface area contributed by atoms with Gasteiger partial charge in [-0.3, -0.25) is 0 Å². The molecule has 2 aromatic rings. The molecule has 0 heterocycles. The smallest absolute Gasteiger partial charge is 0.130 e. The second kappa shape index (κ2) is 4.13. The van der Waals surface area contributed by atoms with E-state index in [9.17, 15) is 10.2 Å². The molecule has 2 N–H and O–H groups in total. The summed E-state index contributed by atoms with van der Waals surface area (Å²) in [6.45, 7) is 5.62. The highest BCUT2D eigenvalue weighted by Gasteiger charge is 2.13. The molecule has 0 saturated carbocycles. The van der Waals surface area contributed by atoms with E-state index in [1.807, 2.05) is 38.1 Å². The first-order valence-corrected chi connectivity index (χ1v) is 5.60. The van der Waals surface area contributed by atoms with Gasteiger partial charge in [0.05, 0.1) is 0 Å². The normalized spacial score (nSPS) is 10.5. The van der Waals surface area contributed by atoms with E-state index in [-0.39, 0.29) is 11.5 Å². The maximum Gasteiger partial charge on any atom is 0.130 e. The minimum Gasteiger partial charge on any atom is -0.508 e. The third kappa shape index (κ3) is 1.98. The Morgan fingerprint density at radius 1 is 0.882 bits per heavy atom. The van der Waals surface area contributed by atoms with Crippen LogP contribution in [0.15, 0.2) is 30.3 Å². The molecular formula is C15H16O2. The number of aryl methyl sites for hydroxylation is 2. The van der Waals surface area contributed by atoms with Crippen LogP contribution >= 0.6 is 0 Å². The van der Waals surface area contributed by atoms with E-state index in [1.165, 1.54) is 5.56 Å². The standard InChI is InChI=1S/C15H16O2/c1-9-4-6-12(7-5-9)14-10(2)8-13(16)11(3)15(14)17/h4-8,16-17H,1-3H3. The predicted molar refractivity (Wildman–Crippen MR) is 69.4 cm³/mol. The molecule has 0 spiro atoms. The van der Waals surface area contributed by atoms with Crippen molar-refractivity contribution in [3.63, 3.8) is 0 Å². The highest BCUT2D eigenvalue weighted by Crippen LogP contribution is 2.39. The molecular weight excluding hydrogens is 212 g/mol. The molecule has 0 radical (unpaired) electrons. The summed E-state index contributed by atoms with van der Waals surface area (Å²) in [6.07, 6.45) is 0. The van der Waals surface area contributed by atoms with E-state index in [4.69, 9.17) is 0 Å². The number of aromatic hydroxyl groups is 2. The summed E-state index contributed by atoms with van der Waals surface area (Å²) in [5, 5.41) is 19.8. The zero-order valence-corrected chi connectivity index (χ0v) is 10.3. The van der Waals surface area contributed by atoms with Crippen molar-refractivity contribution in [2.75, 3.05) is 0 Å². The van der Waals surface area contributed by atoms with Gasteiger partial charge in [-0.2, -0.15) is 0 Å². The fourth-order valence-corrected chi connectivity index (χ4v) is 1.97. The Hall–Kier alpha value is -1.96. The number of hydrogen-bond donors (Lipinski definition) is 2. The molecule has 0 saturated heterocycles. The quantitative estimate of drug-likeness (QED) is 0.781. The van der Waals surface area contributed by atoms with Crippen molar-refractivity contribution in [3.8, 4) is 22.6 Å². The molecule has 2 heteroatoms. The predicted octanol–water partition coefficient (Wildman–Crippen LogP) is 3.69. The minimum atomic E-state index is 0.135. The number of hydrogen-bond acceptors (Lipinski definition) is 2. The lowest BCUT2D eigenvalue weighted by atomic mass is 9.96. The van der Waals surface area contributed by atoms with E-state index in [0.717, 1.165) is 16.7 Å². The Labute approximate surface area is 101 Å². The number of rotatable bonds is 1. The van der Waals surface area contributed by atoms with Crippen LogP contribution in [-0.4, -0.2) is 10.2 Å². The first kappa shape index (κ1) is 11.5. The summed E-state index contributed by atoms with van der Waals surface area (Å²) in [5.41, 5.74) is 4.33. The molecule has 0 aliphatic rings. The molecule has 0 unspecified atom stereocenters. The van der Waals surface area contributed by atoms with Crippen molar-refractivity contribution in [2.24, 2.45) is 0 Å². The van der Waals surface area contributed by atoms with Gasteiger partial charge in [0.25, 0.3) is 0 Å². The van der Waals surface area contributed by atoms with Crippen LogP contribution in [0.25, 0.3) is 11.1 Å². The minimum absolute atomic E-state index is 0.135. The lowest BCUT2D eigenvalue weighted by Gasteiger charge is -2.12. The van der Waals surface area contributed by atoms with Gasteiger partial charge in [-0.15, -0.1) is 0 Å². The van der Waals surface area contributed by atoms with Gasteiger partial charge in [0.2, 0.25) is 0 Å². The first-order valence-electron chi connectivity index (χ1n) is 5.60. The van der Waals surface area contributed by atoms with Crippen molar-refractivity contribution < 1.29 is 10.2 Å². The Balaban J connectivity index is 2.67. The lowest BCUT2D eigenvalue weighted by Crippen LogP contribution is -1.88. The average Bonchev–Trinajstić information content (AvgIpc) is 2.29. The Morgan fingerprint density at radius 2 is 1.47 bits per heavy atom. The first-order chi connectivity index (χ1) is 8.00. The third-order valence-electron chi connectivity index (χ3n) is 3.06. The molecule has 0 bridgehead atoms. The van der Waals surface area contributed by atoms with Crippen LogP contribution in [0.5, 0.6) is 11.5 Å². The molecule has 0 fully saturated rings. The lowest BCUT2D eigenvalue weighted by molar-refractivity contribution is 0.444. The third-order valence-corrected chi connectivity index (χ3v) is 3.06. The molecule has 2 aromatic carbocycles. The molecule has 17 heavy (non-hydrogen) atoms. The maximum atomic E-state index is 10.1. The monoisotopic (exact) mass is 228 g/mol. The van der Waals surface area contributed by atoms with Gasteiger partial charge in [0.15, 0.2) is 0 Å². The highest BCUT2D eigenvalue weighted by atomic mass is 16.3. The van der Waals surface area contributed by atoms with Crippen LogP contribution in [0, 0.1) is 20.8 Å². The fourth-order valence-electron chi connectivity index (χ4n) is 1.97. The van der Waals surface area contributed by atoms with Crippen LogP contribution in [0.4, 0.5) is 0 Å². The zero-order valence-electron chi connectivity index (χ0n) is 10.3. The number of benzene rings is 2. The molecule has 2 nitrogen and oxygen atoms in total. The summed E-state index contributed by atoms with van der Waals surface area (Å²) in [4.78, 5) is 0. The summed E-state index contributed by atoms with van der Waals surface area (Å²) < 4.78 is 0. The van der Waals surface area contributed by atoms with E-state index >= 15 is 0 Å². The van der Waals surface area contributed by atoms with Crippen molar-refractivity contribution in [1.82, 2.24) is 0 Å². The fraction of sp³-hybridized carbons (Fsp3) is 0.200. The topological polar surface area (TPSA) is 40.5 Å². The largest absolute Gasteiger partial charge is 0.508 e. The highest BCUT2D eigenvalue weighted by molar-refractivity contribution is 5.76. The Kier molecular flexibility index (Phi) is 2.80. The number of phenols is 2. The van der Waals surface area contributed by atoms with Crippen LogP contribution < -0.4 is 0 Å². The number of phenolic OH excluding ortho intramolecular Hbond substituents is 2. The van der Waals surface area contributed by atoms with Gasteiger partial charge < -0.3 is 10.2 Å². The van der Waals surface area contributed by atoms with Gasteiger partial charge in [0.1, 0.15) is 11.5 Å². The second-order valence-corrected chi connectivity index (χ2v) is 4.43. The summed E-state index contributed by atoms with van der Waals surface area (Å²) in [6, 6.07) is 9.67. The van der Waals surface area contributed by atoms with Crippen LogP contribution in [0.1, 0.15) is 16.7 Å². The SMILES string of the molecule is Cc1ccc(-c2c(C)cc(O)c(C)c2O)cc1. The molecule has 2 rings (SSSR count). The molecule has 0 aromatic heterocycles. The summed E-state index contributed by atoms with van der Waals surface area (Å²) in [7, 11) is 0.